The van der Waals surface area contributed by atoms with E-state index in [1.165, 1.54) is 0 Å². The molecular weight excluding hydrogens is 380 g/mol. The lowest BCUT2D eigenvalue weighted by molar-refractivity contribution is 0.0746. The third kappa shape index (κ3) is 3.84. The van der Waals surface area contributed by atoms with E-state index in [0.717, 1.165) is 41.3 Å². The van der Waals surface area contributed by atoms with Gasteiger partial charge in [0.15, 0.2) is 0 Å². The lowest BCUT2D eigenvalue weighted by Gasteiger charge is -2.36. The molecule has 4 rings (SSSR count). The van der Waals surface area contributed by atoms with E-state index in [4.69, 9.17) is 4.74 Å². The maximum absolute atomic E-state index is 13.0. The molecule has 0 saturated carbocycles. The zero-order chi connectivity index (χ0) is 21.4. The number of carbonyl (C=O) groups is 2. The second-order valence-electron chi connectivity index (χ2n) is 8.24. The lowest BCUT2D eigenvalue weighted by Crippen LogP contribution is -2.49. The summed E-state index contributed by atoms with van der Waals surface area (Å²) in [6, 6.07) is 7.66. The van der Waals surface area contributed by atoms with Crippen LogP contribution in [0.3, 0.4) is 0 Å². The molecular formula is C23H28N4O3. The molecule has 0 aliphatic carbocycles. The van der Waals surface area contributed by atoms with Crippen molar-refractivity contribution in [3.05, 3.63) is 52.7 Å². The number of aryl methyl sites for hydroxylation is 3. The lowest BCUT2D eigenvalue weighted by atomic mass is 10.1. The van der Waals surface area contributed by atoms with E-state index in [9.17, 15) is 9.59 Å². The van der Waals surface area contributed by atoms with Crippen molar-refractivity contribution in [2.24, 2.45) is 0 Å². The molecule has 7 heteroatoms. The molecule has 158 valence electrons. The maximum atomic E-state index is 13.0. The minimum atomic E-state index is -0.333. The first-order valence-electron chi connectivity index (χ1n) is 10.4. The number of hydrogen-bond donors (Lipinski definition) is 0. The second-order valence-corrected chi connectivity index (χ2v) is 8.24. The first kappa shape index (κ1) is 20.2. The quantitative estimate of drug-likeness (QED) is 0.780. The molecule has 7 nitrogen and oxygen atoms in total. The molecule has 0 spiro atoms. The Kier molecular flexibility index (Phi) is 5.37. The van der Waals surface area contributed by atoms with Gasteiger partial charge in [-0.3, -0.25) is 9.69 Å². The van der Waals surface area contributed by atoms with E-state index in [1.807, 2.05) is 44.0 Å². The van der Waals surface area contributed by atoms with Crippen LogP contribution in [0.1, 0.15) is 34.0 Å². The molecule has 3 heterocycles. The molecule has 2 amide bonds. The van der Waals surface area contributed by atoms with Crippen molar-refractivity contribution >= 4 is 23.5 Å². The molecule has 2 aliphatic rings. The number of amides is 2. The van der Waals surface area contributed by atoms with Crippen LogP contribution in [-0.4, -0.2) is 60.7 Å². The van der Waals surface area contributed by atoms with Gasteiger partial charge in [0, 0.05) is 37.9 Å². The van der Waals surface area contributed by atoms with Gasteiger partial charge in [0.1, 0.15) is 11.9 Å². The van der Waals surface area contributed by atoms with E-state index in [0.29, 0.717) is 25.2 Å². The smallest absolute Gasteiger partial charge is 0.414 e. The fraction of sp³-hybridized carbons (Fsp3) is 0.435. The summed E-state index contributed by atoms with van der Waals surface area (Å²) in [5.74, 6) is 1.02. The first-order chi connectivity index (χ1) is 14.3. The molecule has 1 aromatic heterocycles. The van der Waals surface area contributed by atoms with Crippen molar-refractivity contribution in [1.82, 2.24) is 9.88 Å². The number of rotatable bonds is 3. The van der Waals surface area contributed by atoms with Crippen molar-refractivity contribution in [3.8, 4) is 0 Å². The molecule has 0 bridgehead atoms. The maximum Gasteiger partial charge on any atom is 0.414 e. The van der Waals surface area contributed by atoms with Crippen LogP contribution >= 0.6 is 0 Å². The van der Waals surface area contributed by atoms with Gasteiger partial charge >= 0.3 is 6.09 Å². The molecule has 2 fully saturated rings. The molecule has 2 saturated heterocycles. The van der Waals surface area contributed by atoms with Crippen molar-refractivity contribution in [2.45, 2.75) is 33.8 Å². The Morgan fingerprint density at radius 1 is 1.07 bits per heavy atom. The molecule has 0 radical (unpaired) electrons. The number of piperazine rings is 1. The van der Waals surface area contributed by atoms with Gasteiger partial charge in [0.05, 0.1) is 12.2 Å². The number of hydrogen-bond acceptors (Lipinski definition) is 5. The average Bonchev–Trinajstić information content (AvgIpc) is 3.05. The van der Waals surface area contributed by atoms with Crippen LogP contribution in [0.5, 0.6) is 0 Å². The van der Waals surface area contributed by atoms with Crippen LogP contribution in [0.15, 0.2) is 30.5 Å². The van der Waals surface area contributed by atoms with Gasteiger partial charge in [-0.2, -0.15) is 0 Å². The molecule has 0 N–H and O–H groups in total. The number of aromatic nitrogens is 1. The number of benzene rings is 1. The van der Waals surface area contributed by atoms with Crippen molar-refractivity contribution in [2.75, 3.05) is 42.5 Å². The molecule has 2 aromatic rings. The number of nitrogens with zero attached hydrogens (tertiary/aromatic N) is 4. The standard InChI is InChI=1S/C23H28N4O3/c1-15-11-17(3)21(24-13-15)25-7-9-26(10-8-25)22(28)19-5-6-20(16(2)12-19)27-14-18(4)30-23(27)29/h5-6,11-13,18H,7-10,14H2,1-4H3/t18-/m1/s1. The SMILES string of the molecule is Cc1cnc(N2CCN(C(=O)c3ccc(N4C[C@@H](C)OC4=O)c(C)c3)CC2)c(C)c1. The summed E-state index contributed by atoms with van der Waals surface area (Å²) >= 11 is 0. The first-order valence-corrected chi connectivity index (χ1v) is 10.4. The average molecular weight is 409 g/mol. The van der Waals surface area contributed by atoms with Gasteiger partial charge in [0.2, 0.25) is 0 Å². The number of anilines is 2. The predicted octanol–water partition coefficient (Wildman–Crippen LogP) is 3.31. The van der Waals surface area contributed by atoms with Crippen LogP contribution in [0, 0.1) is 20.8 Å². The summed E-state index contributed by atoms with van der Waals surface area (Å²) < 4.78 is 5.22. The summed E-state index contributed by atoms with van der Waals surface area (Å²) in [5.41, 5.74) is 4.66. The minimum absolute atomic E-state index is 0.0234. The van der Waals surface area contributed by atoms with Crippen LogP contribution in [0.4, 0.5) is 16.3 Å². The zero-order valence-corrected chi connectivity index (χ0v) is 18.0. The van der Waals surface area contributed by atoms with Crippen LogP contribution in [-0.2, 0) is 4.74 Å². The van der Waals surface area contributed by atoms with Crippen LogP contribution in [0.25, 0.3) is 0 Å². The van der Waals surface area contributed by atoms with Crippen LogP contribution < -0.4 is 9.80 Å². The van der Waals surface area contributed by atoms with Gasteiger partial charge in [-0.15, -0.1) is 0 Å². The Bertz CT molecular complexity index is 982. The summed E-state index contributed by atoms with van der Waals surface area (Å²) in [6.45, 7) is 11.3. The summed E-state index contributed by atoms with van der Waals surface area (Å²) in [4.78, 5) is 35.4. The summed E-state index contributed by atoms with van der Waals surface area (Å²) in [6.07, 6.45) is 1.43. The highest BCUT2D eigenvalue weighted by atomic mass is 16.6. The van der Waals surface area contributed by atoms with E-state index in [2.05, 4.69) is 22.9 Å². The molecule has 2 aliphatic heterocycles. The molecule has 30 heavy (non-hydrogen) atoms. The number of pyridine rings is 1. The van der Waals surface area contributed by atoms with Gasteiger partial charge in [-0.1, -0.05) is 6.07 Å². The highest BCUT2D eigenvalue weighted by molar-refractivity contribution is 5.96. The number of cyclic esters (lactones) is 1. The van der Waals surface area contributed by atoms with Crippen molar-refractivity contribution < 1.29 is 14.3 Å². The topological polar surface area (TPSA) is 66.0 Å². The molecule has 1 atom stereocenters. The van der Waals surface area contributed by atoms with E-state index in [1.54, 1.807) is 11.0 Å². The van der Waals surface area contributed by atoms with Crippen molar-refractivity contribution in [3.63, 3.8) is 0 Å². The second kappa shape index (κ2) is 7.97. The van der Waals surface area contributed by atoms with Gasteiger partial charge < -0.3 is 14.5 Å². The predicted molar refractivity (Wildman–Crippen MR) is 116 cm³/mol. The fourth-order valence-corrected chi connectivity index (χ4v) is 4.24. The zero-order valence-electron chi connectivity index (χ0n) is 18.0. The van der Waals surface area contributed by atoms with E-state index >= 15 is 0 Å². The largest absolute Gasteiger partial charge is 0.444 e. The summed E-state index contributed by atoms with van der Waals surface area (Å²) in [7, 11) is 0. The summed E-state index contributed by atoms with van der Waals surface area (Å²) in [5, 5.41) is 0. The normalized spacial score (nSPS) is 19.3. The Morgan fingerprint density at radius 3 is 2.40 bits per heavy atom. The van der Waals surface area contributed by atoms with Crippen LogP contribution in [0.2, 0.25) is 0 Å². The Balaban J connectivity index is 1.43. The fourth-order valence-electron chi connectivity index (χ4n) is 4.24. The number of ether oxygens (including phenoxy) is 1. The third-order valence-electron chi connectivity index (χ3n) is 5.75. The van der Waals surface area contributed by atoms with Gasteiger partial charge in [-0.25, -0.2) is 9.78 Å². The monoisotopic (exact) mass is 408 g/mol. The Hall–Kier alpha value is -3.09. The van der Waals surface area contributed by atoms with Gasteiger partial charge in [-0.05, 0) is 62.6 Å². The Labute approximate surface area is 177 Å². The van der Waals surface area contributed by atoms with Crippen molar-refractivity contribution in [1.29, 1.82) is 0 Å². The van der Waals surface area contributed by atoms with E-state index in [-0.39, 0.29) is 18.1 Å². The minimum Gasteiger partial charge on any atom is -0.444 e. The molecule has 0 unspecified atom stereocenters. The highest BCUT2D eigenvalue weighted by Gasteiger charge is 2.31. The highest BCUT2D eigenvalue weighted by Crippen LogP contribution is 2.27. The molecule has 1 aromatic carbocycles. The Morgan fingerprint density at radius 2 is 1.80 bits per heavy atom. The number of carbonyl (C=O) groups excluding carboxylic acids is 2. The van der Waals surface area contributed by atoms with Gasteiger partial charge in [0.25, 0.3) is 5.91 Å². The van der Waals surface area contributed by atoms with E-state index < -0.39 is 0 Å². The third-order valence-corrected chi connectivity index (χ3v) is 5.75.